The molecule has 2 unspecified atom stereocenters. The SMILES string of the molecule is CN1C2CCC1CC(NC(=O)c1cc(-c3ccc(F)cc3)n[nH]1)C2. The fourth-order valence-corrected chi connectivity index (χ4v) is 4.00. The first-order chi connectivity index (χ1) is 11.6. The number of nitrogens with zero attached hydrogens (tertiary/aromatic N) is 2. The topological polar surface area (TPSA) is 61.0 Å². The Morgan fingerprint density at radius 1 is 1.25 bits per heavy atom. The van der Waals surface area contributed by atoms with Gasteiger partial charge in [-0.1, -0.05) is 0 Å². The van der Waals surface area contributed by atoms with Crippen molar-refractivity contribution in [3.8, 4) is 11.3 Å². The summed E-state index contributed by atoms with van der Waals surface area (Å²) in [5.41, 5.74) is 1.87. The van der Waals surface area contributed by atoms with E-state index in [1.165, 1.54) is 25.0 Å². The Labute approximate surface area is 140 Å². The van der Waals surface area contributed by atoms with E-state index >= 15 is 0 Å². The number of hydrogen-bond acceptors (Lipinski definition) is 3. The first-order valence-corrected chi connectivity index (χ1v) is 8.44. The average molecular weight is 328 g/mol. The van der Waals surface area contributed by atoms with Crippen molar-refractivity contribution >= 4 is 5.91 Å². The Morgan fingerprint density at radius 3 is 2.58 bits per heavy atom. The molecule has 126 valence electrons. The van der Waals surface area contributed by atoms with Crippen LogP contribution < -0.4 is 5.32 Å². The summed E-state index contributed by atoms with van der Waals surface area (Å²) in [7, 11) is 2.18. The van der Waals surface area contributed by atoms with Crippen LogP contribution in [0.5, 0.6) is 0 Å². The Bertz CT molecular complexity index is 728. The molecule has 2 aromatic rings. The summed E-state index contributed by atoms with van der Waals surface area (Å²) in [4.78, 5) is 14.9. The van der Waals surface area contributed by atoms with E-state index in [-0.39, 0.29) is 17.8 Å². The van der Waals surface area contributed by atoms with Crippen molar-refractivity contribution in [3.05, 3.63) is 41.8 Å². The van der Waals surface area contributed by atoms with E-state index in [1.54, 1.807) is 18.2 Å². The molecular formula is C18H21FN4O. The largest absolute Gasteiger partial charge is 0.348 e. The third-order valence-electron chi connectivity index (χ3n) is 5.40. The Morgan fingerprint density at radius 2 is 1.92 bits per heavy atom. The fraction of sp³-hybridized carbons (Fsp3) is 0.444. The molecule has 2 aliphatic rings. The van der Waals surface area contributed by atoms with Crippen molar-refractivity contribution in [3.63, 3.8) is 0 Å². The van der Waals surface area contributed by atoms with Crippen molar-refractivity contribution < 1.29 is 9.18 Å². The zero-order valence-corrected chi connectivity index (χ0v) is 13.6. The number of amides is 1. The van der Waals surface area contributed by atoms with Crippen molar-refractivity contribution in [2.75, 3.05) is 7.05 Å². The smallest absolute Gasteiger partial charge is 0.269 e. The van der Waals surface area contributed by atoms with Crippen LogP contribution in [0.1, 0.15) is 36.2 Å². The number of aromatic nitrogens is 2. The highest BCUT2D eigenvalue weighted by Gasteiger charge is 2.38. The molecule has 2 fully saturated rings. The Kier molecular flexibility index (Phi) is 3.84. The second-order valence-corrected chi connectivity index (χ2v) is 6.87. The predicted molar refractivity (Wildman–Crippen MR) is 89.0 cm³/mol. The number of hydrogen-bond donors (Lipinski definition) is 2. The molecule has 2 bridgehead atoms. The summed E-state index contributed by atoms with van der Waals surface area (Å²) in [5.74, 6) is -0.408. The number of H-pyrrole nitrogens is 1. The van der Waals surface area contributed by atoms with Crippen LogP contribution in [0.25, 0.3) is 11.3 Å². The molecule has 2 aliphatic heterocycles. The highest BCUT2D eigenvalue weighted by molar-refractivity contribution is 5.93. The predicted octanol–water partition coefficient (Wildman–Crippen LogP) is 2.57. The molecule has 0 aliphatic carbocycles. The minimum absolute atomic E-state index is 0.121. The number of rotatable bonds is 3. The molecule has 2 atom stereocenters. The average Bonchev–Trinajstić information content (AvgIpc) is 3.12. The van der Waals surface area contributed by atoms with E-state index in [4.69, 9.17) is 0 Å². The summed E-state index contributed by atoms with van der Waals surface area (Å²) in [5, 5.41) is 10.1. The zero-order chi connectivity index (χ0) is 16.7. The van der Waals surface area contributed by atoms with Crippen LogP contribution in [0.3, 0.4) is 0 Å². The van der Waals surface area contributed by atoms with E-state index in [1.807, 2.05) is 0 Å². The number of piperidine rings is 1. The van der Waals surface area contributed by atoms with Crippen molar-refractivity contribution in [1.82, 2.24) is 20.4 Å². The van der Waals surface area contributed by atoms with Gasteiger partial charge < -0.3 is 10.2 Å². The number of carbonyl (C=O) groups is 1. The molecule has 1 aromatic heterocycles. The number of aromatic amines is 1. The number of halogens is 1. The summed E-state index contributed by atoms with van der Waals surface area (Å²) < 4.78 is 13.0. The quantitative estimate of drug-likeness (QED) is 0.910. The minimum atomic E-state index is -0.288. The van der Waals surface area contributed by atoms with Gasteiger partial charge in [-0.15, -0.1) is 0 Å². The molecule has 0 radical (unpaired) electrons. The number of benzene rings is 1. The second-order valence-electron chi connectivity index (χ2n) is 6.87. The molecule has 5 nitrogen and oxygen atoms in total. The van der Waals surface area contributed by atoms with Gasteiger partial charge >= 0.3 is 0 Å². The molecule has 2 saturated heterocycles. The monoisotopic (exact) mass is 328 g/mol. The first kappa shape index (κ1) is 15.3. The normalized spacial score (nSPS) is 26.5. The minimum Gasteiger partial charge on any atom is -0.348 e. The molecule has 3 heterocycles. The van der Waals surface area contributed by atoms with Crippen LogP contribution in [0.4, 0.5) is 4.39 Å². The zero-order valence-electron chi connectivity index (χ0n) is 13.6. The summed E-state index contributed by atoms with van der Waals surface area (Å²) in [6.07, 6.45) is 4.48. The van der Waals surface area contributed by atoms with Crippen LogP contribution in [-0.4, -0.2) is 46.2 Å². The molecule has 6 heteroatoms. The molecule has 1 amide bonds. The van der Waals surface area contributed by atoms with Crippen LogP contribution in [0.2, 0.25) is 0 Å². The van der Waals surface area contributed by atoms with Gasteiger partial charge in [0.2, 0.25) is 0 Å². The first-order valence-electron chi connectivity index (χ1n) is 8.44. The van der Waals surface area contributed by atoms with Crippen LogP contribution in [0.15, 0.2) is 30.3 Å². The highest BCUT2D eigenvalue weighted by Crippen LogP contribution is 2.34. The molecule has 2 N–H and O–H groups in total. The molecule has 1 aromatic carbocycles. The standard InChI is InChI=1S/C18H21FN4O/c1-23-14-6-7-15(23)9-13(8-14)20-18(24)17-10-16(21-22-17)11-2-4-12(19)5-3-11/h2-5,10,13-15H,6-9H2,1H3,(H,20,24)(H,21,22). The van der Waals surface area contributed by atoms with Crippen molar-refractivity contribution in [2.24, 2.45) is 0 Å². The third-order valence-corrected chi connectivity index (χ3v) is 5.40. The molecule has 0 saturated carbocycles. The molecule has 4 rings (SSSR count). The van der Waals surface area contributed by atoms with Gasteiger partial charge in [-0.3, -0.25) is 9.89 Å². The van der Waals surface area contributed by atoms with E-state index < -0.39 is 0 Å². The van der Waals surface area contributed by atoms with E-state index in [9.17, 15) is 9.18 Å². The number of fused-ring (bicyclic) bond motifs is 2. The van der Waals surface area contributed by atoms with Gasteiger partial charge in [0, 0.05) is 23.7 Å². The van der Waals surface area contributed by atoms with Crippen LogP contribution in [-0.2, 0) is 0 Å². The number of nitrogens with one attached hydrogen (secondary N) is 2. The fourth-order valence-electron chi connectivity index (χ4n) is 4.00. The van der Waals surface area contributed by atoms with E-state index in [0.717, 1.165) is 18.4 Å². The second kappa shape index (κ2) is 6.02. The molecular weight excluding hydrogens is 307 g/mol. The lowest BCUT2D eigenvalue weighted by Crippen LogP contribution is -2.48. The maximum Gasteiger partial charge on any atom is 0.269 e. The maximum atomic E-state index is 13.0. The van der Waals surface area contributed by atoms with E-state index in [2.05, 4.69) is 27.5 Å². The third kappa shape index (κ3) is 2.82. The Hall–Kier alpha value is -2.21. The van der Waals surface area contributed by atoms with Gasteiger partial charge in [-0.05, 0) is 63.1 Å². The number of carbonyl (C=O) groups excluding carboxylic acids is 1. The van der Waals surface area contributed by atoms with Crippen LogP contribution in [0, 0.1) is 5.82 Å². The summed E-state index contributed by atoms with van der Waals surface area (Å²) >= 11 is 0. The lowest BCUT2D eigenvalue weighted by atomic mass is 9.98. The summed E-state index contributed by atoms with van der Waals surface area (Å²) in [6, 6.07) is 9.20. The highest BCUT2D eigenvalue weighted by atomic mass is 19.1. The van der Waals surface area contributed by atoms with Gasteiger partial charge in [0.05, 0.1) is 5.69 Å². The lowest BCUT2D eigenvalue weighted by molar-refractivity contribution is 0.0877. The van der Waals surface area contributed by atoms with Gasteiger partial charge in [-0.2, -0.15) is 5.10 Å². The Balaban J connectivity index is 1.43. The maximum absolute atomic E-state index is 13.0. The van der Waals surface area contributed by atoms with Gasteiger partial charge in [0.25, 0.3) is 5.91 Å². The van der Waals surface area contributed by atoms with Gasteiger partial charge in [0.15, 0.2) is 0 Å². The van der Waals surface area contributed by atoms with Crippen molar-refractivity contribution in [1.29, 1.82) is 0 Å². The van der Waals surface area contributed by atoms with Crippen molar-refractivity contribution in [2.45, 2.75) is 43.8 Å². The summed E-state index contributed by atoms with van der Waals surface area (Å²) in [6.45, 7) is 0. The lowest BCUT2D eigenvalue weighted by Gasteiger charge is -2.36. The van der Waals surface area contributed by atoms with Gasteiger partial charge in [-0.25, -0.2) is 4.39 Å². The van der Waals surface area contributed by atoms with Crippen LogP contribution >= 0.6 is 0 Å². The van der Waals surface area contributed by atoms with E-state index in [0.29, 0.717) is 23.5 Å². The van der Waals surface area contributed by atoms with Gasteiger partial charge in [0.1, 0.15) is 11.5 Å². The molecule has 0 spiro atoms. The molecule has 24 heavy (non-hydrogen) atoms.